The Labute approximate surface area is 148 Å². The summed E-state index contributed by atoms with van der Waals surface area (Å²) in [6, 6.07) is 0. The normalized spacial score (nSPS) is 18.4. The molecule has 0 unspecified atom stereocenters. The lowest BCUT2D eigenvalue weighted by molar-refractivity contribution is 1.13. The zero-order chi connectivity index (χ0) is 16.5. The highest BCUT2D eigenvalue weighted by molar-refractivity contribution is 7.25. The average molecular weight is 400 g/mol. The van der Waals surface area contributed by atoms with Crippen LogP contribution in [0, 0.1) is 0 Å². The molecule has 0 bridgehead atoms. The van der Waals surface area contributed by atoms with Gasteiger partial charge in [-0.05, 0) is 17.8 Å². The van der Waals surface area contributed by atoms with Crippen LogP contribution in [0.1, 0.15) is 0 Å². The third-order valence-electron chi connectivity index (χ3n) is 3.28. The van der Waals surface area contributed by atoms with Gasteiger partial charge in [0.05, 0.1) is 0 Å². The van der Waals surface area contributed by atoms with Crippen molar-refractivity contribution in [2.24, 2.45) is 0 Å². The summed E-state index contributed by atoms with van der Waals surface area (Å²) in [5.41, 5.74) is 0. The molecule has 3 N–H and O–H groups in total. The minimum absolute atomic E-state index is 0.251. The third kappa shape index (κ3) is 10.1. The Morgan fingerprint density at radius 2 is 0.762 bits per heavy atom. The maximum Gasteiger partial charge on any atom is 0.283 e. The Kier molecular flexibility index (Phi) is 7.52. The van der Waals surface area contributed by atoms with Gasteiger partial charge >= 0.3 is 0 Å². The Balaban J connectivity index is 2.73. The van der Waals surface area contributed by atoms with Crippen LogP contribution in [0.25, 0.3) is 0 Å². The van der Waals surface area contributed by atoms with Crippen LogP contribution in [-0.4, -0.2) is 43.1 Å². The summed E-state index contributed by atoms with van der Waals surface area (Å²) in [7, 11) is -4.93. The van der Waals surface area contributed by atoms with Gasteiger partial charge in [0.1, 0.15) is 22.2 Å². The summed E-state index contributed by atoms with van der Waals surface area (Å²) in [5.74, 6) is 2.99. The summed E-state index contributed by atoms with van der Waals surface area (Å²) in [6.45, 7) is 13.9. The molecule has 1 fully saturated rings. The molecule has 0 atom stereocenters. The van der Waals surface area contributed by atoms with Gasteiger partial charge in [-0.2, -0.15) is 33.2 Å². The van der Waals surface area contributed by atoms with E-state index in [9.17, 15) is 0 Å². The first kappa shape index (κ1) is 20.6. The Morgan fingerprint density at radius 3 is 0.905 bits per heavy atom. The van der Waals surface area contributed by atoms with Gasteiger partial charge in [0, 0.05) is 0 Å². The van der Waals surface area contributed by atoms with Crippen molar-refractivity contribution in [2.75, 3.05) is 0 Å². The molecule has 1 heterocycles. The Morgan fingerprint density at radius 1 is 0.571 bits per heavy atom. The highest BCUT2D eigenvalue weighted by Gasteiger charge is 2.41. The number of hydrogen-bond acceptors (Lipinski definition) is 3. The summed E-state index contributed by atoms with van der Waals surface area (Å²) in [5, 5.41) is 10.9. The van der Waals surface area contributed by atoms with E-state index in [1.807, 2.05) is 0 Å². The number of halogens is 3. The van der Waals surface area contributed by atoms with Gasteiger partial charge in [-0.3, -0.25) is 0 Å². The van der Waals surface area contributed by atoms with Crippen molar-refractivity contribution in [1.82, 2.24) is 15.4 Å². The number of nitrogens with one attached hydrogen (secondary N) is 3. The van der Waals surface area contributed by atoms with Gasteiger partial charge in [-0.25, -0.2) is 0 Å². The Hall–Kier alpha value is 1.60. The smallest absolute Gasteiger partial charge is 0.283 e. The van der Waals surface area contributed by atoms with Gasteiger partial charge in [0.25, 0.3) is 20.9 Å². The first-order chi connectivity index (χ1) is 9.23. The molecule has 0 radical (unpaired) electrons. The van der Waals surface area contributed by atoms with E-state index in [0.717, 1.165) is 17.8 Å². The van der Waals surface area contributed by atoms with E-state index in [-0.39, 0.29) is 20.9 Å². The fourth-order valence-corrected chi connectivity index (χ4v) is 7.69. The molecule has 120 valence electrons. The summed E-state index contributed by atoms with van der Waals surface area (Å²) >= 11 is 19.6. The zero-order valence-corrected chi connectivity index (χ0v) is 19.3. The van der Waals surface area contributed by atoms with E-state index >= 15 is 0 Å². The van der Waals surface area contributed by atoms with Crippen molar-refractivity contribution >= 4 is 76.3 Å². The highest BCUT2D eigenvalue weighted by Crippen LogP contribution is 2.20. The Bertz CT molecular complexity index is 291. The van der Waals surface area contributed by atoms with Crippen molar-refractivity contribution in [3.63, 3.8) is 0 Å². The molecule has 21 heavy (non-hydrogen) atoms. The lowest BCUT2D eigenvalue weighted by Crippen LogP contribution is -2.76. The fourth-order valence-electron chi connectivity index (χ4n) is 2.68. The molecular weight excluding hydrogens is 373 g/mol. The van der Waals surface area contributed by atoms with E-state index in [1.54, 1.807) is 0 Å². The first-order valence-electron chi connectivity index (χ1n) is 7.58. The lowest BCUT2D eigenvalue weighted by Gasteiger charge is -2.37. The quantitative estimate of drug-likeness (QED) is 0.474. The molecule has 1 rings (SSSR count). The predicted octanol–water partition coefficient (Wildman–Crippen LogP) is 3.18. The van der Waals surface area contributed by atoms with Crippen LogP contribution in [0.2, 0.25) is 57.1 Å². The monoisotopic (exact) mass is 399 g/mol. The van der Waals surface area contributed by atoms with E-state index in [0.29, 0.717) is 0 Å². The van der Waals surface area contributed by atoms with Gasteiger partial charge in [0.15, 0.2) is 0 Å². The van der Waals surface area contributed by atoms with Gasteiger partial charge in [-0.15, -0.1) is 0 Å². The summed E-state index contributed by atoms with van der Waals surface area (Å²) in [4.78, 5) is 0. The second-order valence-electron chi connectivity index (χ2n) is 7.93. The molecule has 1 aliphatic rings. The van der Waals surface area contributed by atoms with Crippen LogP contribution in [0.15, 0.2) is 0 Å². The second kappa shape index (κ2) is 7.65. The van der Waals surface area contributed by atoms with Crippen molar-refractivity contribution in [3.05, 3.63) is 0 Å². The number of hydrogen-bond donors (Lipinski definition) is 3. The molecule has 0 spiro atoms. The van der Waals surface area contributed by atoms with Crippen LogP contribution < -0.4 is 15.4 Å². The minimum Gasteiger partial charge on any atom is -0.372 e. The predicted molar refractivity (Wildman–Crippen MR) is 111 cm³/mol. The van der Waals surface area contributed by atoms with Crippen LogP contribution in [0.5, 0.6) is 0 Å². The topological polar surface area (TPSA) is 36.1 Å². The van der Waals surface area contributed by atoms with Crippen LogP contribution in [-0.2, 0) is 0 Å². The first-order valence-corrected chi connectivity index (χ1v) is 20.2. The highest BCUT2D eigenvalue weighted by atomic mass is 35.6. The second-order valence-corrected chi connectivity index (χ2v) is 28.7. The molecule has 0 amide bonds. The van der Waals surface area contributed by atoms with Crippen LogP contribution >= 0.6 is 33.2 Å². The fraction of sp³-hybridized carbons (Fsp3) is 1.00. The SMILES string of the molecule is C[Si](C)(Cl)CB1NB(C[Si](C)(C)Cl)NB(C[Si](C)(C)Cl)N1. The minimum atomic E-state index is -1.64. The molecule has 3 nitrogen and oxygen atoms in total. The van der Waals surface area contributed by atoms with Crippen molar-refractivity contribution in [1.29, 1.82) is 0 Å². The van der Waals surface area contributed by atoms with Gasteiger partial charge in [0.2, 0.25) is 0 Å². The summed E-state index contributed by atoms with van der Waals surface area (Å²) < 4.78 is 0. The van der Waals surface area contributed by atoms with Gasteiger partial charge in [-0.1, -0.05) is 39.3 Å². The molecule has 1 aliphatic heterocycles. The largest absolute Gasteiger partial charge is 0.372 e. The molecular formula is C9H27B3Cl3N3Si3. The van der Waals surface area contributed by atoms with Crippen LogP contribution in [0.3, 0.4) is 0 Å². The maximum absolute atomic E-state index is 6.53. The summed E-state index contributed by atoms with van der Waals surface area (Å²) in [6.07, 6.45) is 0. The molecule has 1 saturated heterocycles. The number of rotatable bonds is 6. The molecule has 0 aromatic rings. The van der Waals surface area contributed by atoms with E-state index < -0.39 is 22.2 Å². The van der Waals surface area contributed by atoms with Gasteiger partial charge < -0.3 is 15.4 Å². The average Bonchev–Trinajstić information content (AvgIpc) is 2.06. The molecule has 0 aliphatic carbocycles. The van der Waals surface area contributed by atoms with Crippen molar-refractivity contribution in [2.45, 2.75) is 57.1 Å². The van der Waals surface area contributed by atoms with E-state index in [2.05, 4.69) is 54.7 Å². The van der Waals surface area contributed by atoms with E-state index in [4.69, 9.17) is 33.2 Å². The van der Waals surface area contributed by atoms with Crippen molar-refractivity contribution in [3.8, 4) is 0 Å². The maximum atomic E-state index is 6.53. The molecule has 0 aromatic heterocycles. The molecule has 0 saturated carbocycles. The molecule has 12 heteroatoms. The third-order valence-corrected chi connectivity index (χ3v) is 8.80. The zero-order valence-electron chi connectivity index (χ0n) is 14.0. The van der Waals surface area contributed by atoms with Crippen molar-refractivity contribution < 1.29 is 0 Å². The standard InChI is InChI=1S/C9H27B3Cl3N3Si3/c1-19(2,13)7-10-16-11(8-20(3,4)14)18-12(17-10)9-21(5,6)15/h16-18H,7-9H2,1-6H3. The molecule has 0 aromatic carbocycles. The lowest BCUT2D eigenvalue weighted by atomic mass is 9.51. The van der Waals surface area contributed by atoms with E-state index in [1.165, 1.54) is 0 Å². The van der Waals surface area contributed by atoms with Crippen LogP contribution in [0.4, 0.5) is 0 Å².